The molecule has 1 aromatic carbocycles. The van der Waals surface area contributed by atoms with E-state index in [0.717, 1.165) is 5.56 Å². The van der Waals surface area contributed by atoms with E-state index in [0.29, 0.717) is 0 Å². The van der Waals surface area contributed by atoms with Gasteiger partial charge in [-0.2, -0.15) is 4.89 Å². The molecule has 6 nitrogen and oxygen atoms in total. The molecule has 0 heterocycles. The molecule has 0 saturated carbocycles. The summed E-state index contributed by atoms with van der Waals surface area (Å²) >= 11 is 5.55. The molecule has 9 heteroatoms. The van der Waals surface area contributed by atoms with Crippen LogP contribution in [-0.4, -0.2) is 14.9 Å². The maximum Gasteiger partial charge on any atom is 0.702 e. The van der Waals surface area contributed by atoms with E-state index in [1.807, 2.05) is 0 Å². The summed E-state index contributed by atoms with van der Waals surface area (Å²) in [5.41, 5.74) is -2.09. The largest absolute Gasteiger partial charge is 0.702 e. The molecule has 0 amide bonds. The molecule has 3 unspecified atom stereocenters. The summed E-state index contributed by atoms with van der Waals surface area (Å²) in [5.74, 6) is 0.235. The summed E-state index contributed by atoms with van der Waals surface area (Å²) in [6, 6.07) is 5.58. The zero-order valence-corrected chi connectivity index (χ0v) is 10.9. The van der Waals surface area contributed by atoms with Crippen LogP contribution in [0.5, 0.6) is 0 Å². The maximum atomic E-state index is 11.0. The highest BCUT2D eigenvalue weighted by molar-refractivity contribution is 7.40. The second kappa shape index (κ2) is 5.94. The molecule has 1 aromatic rings. The highest BCUT2D eigenvalue weighted by Crippen LogP contribution is 2.47. The Balaban J connectivity index is 3.13. The lowest BCUT2D eigenvalue weighted by Gasteiger charge is -2.08. The summed E-state index contributed by atoms with van der Waals surface area (Å²) in [4.78, 5) is 17.5. The number of benzene rings is 1. The molecule has 0 radical (unpaired) electrons. The Morgan fingerprint density at radius 1 is 1.24 bits per heavy atom. The van der Waals surface area contributed by atoms with Crippen molar-refractivity contribution in [3.05, 3.63) is 35.4 Å². The van der Waals surface area contributed by atoms with Gasteiger partial charge in [0, 0.05) is 10.4 Å². The lowest BCUT2D eigenvalue weighted by molar-refractivity contribution is -0.0741. The molecule has 0 aromatic heterocycles. The van der Waals surface area contributed by atoms with Crippen molar-refractivity contribution in [3.8, 4) is 0 Å². The third-order valence-electron chi connectivity index (χ3n) is 1.95. The maximum absolute atomic E-state index is 11.0. The van der Waals surface area contributed by atoms with Gasteiger partial charge in [-0.05, 0) is 26.8 Å². The van der Waals surface area contributed by atoms with Crippen LogP contribution in [0.4, 0.5) is 0 Å². The highest BCUT2D eigenvalue weighted by Gasteiger charge is 2.59. The van der Waals surface area contributed by atoms with E-state index in [1.54, 1.807) is 0 Å². The molecule has 0 fully saturated rings. The Labute approximate surface area is 104 Å². The standard InChI is InChI=1S/C8H7ClO6P2/c9-5-6-1-3-7(4-2-6)8(10,16(11)12)15-17(13)14/h1-4,10H,5H2/p+2. The predicted molar refractivity (Wildman–Crippen MR) is 60.6 cm³/mol. The fraction of sp³-hybridized carbons (Fsp3) is 0.250. The van der Waals surface area contributed by atoms with Crippen LogP contribution >= 0.6 is 27.9 Å². The normalized spacial score (nSPS) is 16.2. The first-order chi connectivity index (χ1) is 7.90. The summed E-state index contributed by atoms with van der Waals surface area (Å²) in [6.45, 7) is 0. The molecular weight excluding hydrogens is 289 g/mol. The van der Waals surface area contributed by atoms with Gasteiger partial charge in [-0.25, -0.2) is 0 Å². The van der Waals surface area contributed by atoms with Crippen molar-refractivity contribution in [1.29, 1.82) is 0 Å². The Hall–Kier alpha value is -0.450. The van der Waals surface area contributed by atoms with Crippen LogP contribution in [-0.2, 0) is 25.1 Å². The van der Waals surface area contributed by atoms with E-state index in [1.165, 1.54) is 24.3 Å². The third-order valence-corrected chi connectivity index (χ3v) is 3.69. The van der Waals surface area contributed by atoms with Gasteiger partial charge in [0.2, 0.25) is 0 Å². The molecule has 0 aliphatic heterocycles. The Morgan fingerprint density at radius 3 is 2.12 bits per heavy atom. The van der Waals surface area contributed by atoms with Gasteiger partial charge in [0.1, 0.15) is 0 Å². The van der Waals surface area contributed by atoms with E-state index in [2.05, 4.69) is 4.52 Å². The van der Waals surface area contributed by atoms with E-state index in [9.17, 15) is 14.2 Å². The van der Waals surface area contributed by atoms with E-state index in [-0.39, 0.29) is 11.4 Å². The van der Waals surface area contributed by atoms with Gasteiger partial charge in [0.05, 0.1) is 5.56 Å². The molecule has 0 spiro atoms. The Morgan fingerprint density at radius 2 is 1.76 bits per heavy atom. The van der Waals surface area contributed by atoms with Crippen LogP contribution < -0.4 is 0 Å². The van der Waals surface area contributed by atoms with E-state index < -0.39 is 21.8 Å². The second-order valence-corrected chi connectivity index (χ2v) is 5.12. The van der Waals surface area contributed by atoms with Crippen molar-refractivity contribution in [2.45, 2.75) is 11.4 Å². The highest BCUT2D eigenvalue weighted by atomic mass is 35.5. The predicted octanol–water partition coefficient (Wildman–Crippen LogP) is 1.93. The van der Waals surface area contributed by atoms with Crippen LogP contribution in [0.25, 0.3) is 0 Å². The molecule has 1 rings (SSSR count). The lowest BCUT2D eigenvalue weighted by atomic mass is 10.1. The van der Waals surface area contributed by atoms with Gasteiger partial charge in [-0.1, -0.05) is 12.1 Å². The van der Waals surface area contributed by atoms with Gasteiger partial charge < -0.3 is 5.11 Å². The van der Waals surface area contributed by atoms with E-state index >= 15 is 0 Å². The molecule has 0 aliphatic carbocycles. The molecule has 92 valence electrons. The minimum Gasteiger partial charge on any atom is -0.317 e. The number of hydrogen-bond donors (Lipinski definition) is 3. The molecule has 0 saturated heterocycles. The average Bonchev–Trinajstić information content (AvgIpc) is 2.28. The summed E-state index contributed by atoms with van der Waals surface area (Å²) in [7, 11) is -6.49. The monoisotopic (exact) mass is 298 g/mol. The van der Waals surface area contributed by atoms with Gasteiger partial charge >= 0.3 is 21.8 Å². The lowest BCUT2D eigenvalue weighted by Crippen LogP contribution is -2.22. The first-order valence-electron chi connectivity index (χ1n) is 4.29. The molecular formula is C8H9ClO6P2+2. The van der Waals surface area contributed by atoms with Crippen molar-refractivity contribution in [2.24, 2.45) is 0 Å². The fourth-order valence-electron chi connectivity index (χ4n) is 1.12. The third kappa shape index (κ3) is 3.50. The van der Waals surface area contributed by atoms with Crippen molar-refractivity contribution in [1.82, 2.24) is 0 Å². The quantitative estimate of drug-likeness (QED) is 0.436. The number of hydrogen-bond acceptors (Lipinski definition) is 4. The van der Waals surface area contributed by atoms with Crippen molar-refractivity contribution in [3.63, 3.8) is 0 Å². The molecule has 0 aliphatic rings. The topological polar surface area (TPSA) is 104 Å². The molecule has 0 bridgehead atoms. The zero-order valence-electron chi connectivity index (χ0n) is 8.36. The van der Waals surface area contributed by atoms with Gasteiger partial charge in [0.15, 0.2) is 0 Å². The first kappa shape index (κ1) is 14.6. The Kier molecular flexibility index (Phi) is 5.10. The number of rotatable bonds is 5. The van der Waals surface area contributed by atoms with E-state index in [4.69, 9.17) is 21.4 Å². The summed E-state index contributed by atoms with van der Waals surface area (Å²) < 4.78 is 25.8. The summed E-state index contributed by atoms with van der Waals surface area (Å²) in [6.07, 6.45) is 0. The fourth-order valence-corrected chi connectivity index (χ4v) is 2.48. The van der Waals surface area contributed by atoms with Crippen LogP contribution in [0.15, 0.2) is 24.3 Å². The number of aliphatic hydroxyl groups is 1. The van der Waals surface area contributed by atoms with Crippen molar-refractivity contribution < 1.29 is 28.5 Å². The zero-order chi connectivity index (χ0) is 13.1. The average molecular weight is 299 g/mol. The van der Waals surface area contributed by atoms with Crippen LogP contribution in [0.1, 0.15) is 11.1 Å². The minimum atomic E-state index is -3.26. The molecule has 17 heavy (non-hydrogen) atoms. The van der Waals surface area contributed by atoms with Gasteiger partial charge in [-0.15, -0.1) is 16.5 Å². The van der Waals surface area contributed by atoms with Crippen LogP contribution in [0.2, 0.25) is 0 Å². The first-order valence-corrected chi connectivity index (χ1v) is 7.17. The number of alkyl halides is 1. The minimum absolute atomic E-state index is 0.104. The Bertz CT molecular complexity index is 436. The second-order valence-electron chi connectivity index (χ2n) is 3.04. The molecule has 3 atom stereocenters. The van der Waals surface area contributed by atoms with Crippen LogP contribution in [0.3, 0.4) is 0 Å². The van der Waals surface area contributed by atoms with Gasteiger partial charge in [0.25, 0.3) is 0 Å². The number of halogens is 1. The van der Waals surface area contributed by atoms with Crippen molar-refractivity contribution >= 4 is 27.9 Å². The summed E-state index contributed by atoms with van der Waals surface area (Å²) in [5, 5.41) is 9.76. The SMILES string of the molecule is O=[P+](O)OC(O)(c1ccc(CCl)cc1)[P+](=O)O. The van der Waals surface area contributed by atoms with Gasteiger partial charge in [-0.3, -0.25) is 0 Å². The smallest absolute Gasteiger partial charge is 0.317 e. The van der Waals surface area contributed by atoms with Crippen molar-refractivity contribution in [2.75, 3.05) is 0 Å². The molecule has 3 N–H and O–H groups in total. The van der Waals surface area contributed by atoms with Crippen LogP contribution in [0, 0.1) is 0 Å².